The van der Waals surface area contributed by atoms with Crippen molar-refractivity contribution in [2.75, 3.05) is 7.11 Å². The highest BCUT2D eigenvalue weighted by Gasteiger charge is 2.05. The van der Waals surface area contributed by atoms with Crippen molar-refractivity contribution in [3.63, 3.8) is 0 Å². The van der Waals surface area contributed by atoms with Crippen molar-refractivity contribution in [3.8, 4) is 17.2 Å². The van der Waals surface area contributed by atoms with Crippen LogP contribution in [0.25, 0.3) is 10.9 Å². The van der Waals surface area contributed by atoms with Crippen LogP contribution in [0.15, 0.2) is 54.7 Å². The minimum atomic E-state index is 0.777. The molecule has 0 fully saturated rings. The van der Waals surface area contributed by atoms with Gasteiger partial charge in [-0.15, -0.1) is 0 Å². The van der Waals surface area contributed by atoms with Crippen LogP contribution in [-0.2, 0) is 0 Å². The van der Waals surface area contributed by atoms with E-state index in [1.807, 2.05) is 48.5 Å². The molecule has 3 nitrogen and oxygen atoms in total. The van der Waals surface area contributed by atoms with E-state index < -0.39 is 0 Å². The van der Waals surface area contributed by atoms with Crippen LogP contribution < -0.4 is 9.47 Å². The van der Waals surface area contributed by atoms with Gasteiger partial charge in [0, 0.05) is 17.6 Å². The van der Waals surface area contributed by atoms with Crippen LogP contribution in [0.5, 0.6) is 17.2 Å². The maximum atomic E-state index is 5.86. The average Bonchev–Trinajstić information content (AvgIpc) is 2.48. The molecule has 93 valence electrons. The van der Waals surface area contributed by atoms with Crippen LogP contribution in [0.1, 0.15) is 0 Å². The summed E-state index contributed by atoms with van der Waals surface area (Å²) in [5, 5.41) is 0.955. The Balaban J connectivity index is 2.04. The fraction of sp³-hybridized carbons (Fsp3) is 0.0625. The lowest BCUT2D eigenvalue weighted by atomic mass is 10.2. The Hall–Kier alpha value is -2.55. The first kappa shape index (κ1) is 11.5. The van der Waals surface area contributed by atoms with Crippen molar-refractivity contribution < 1.29 is 9.47 Å². The van der Waals surface area contributed by atoms with Gasteiger partial charge >= 0.3 is 0 Å². The highest BCUT2D eigenvalue weighted by Crippen LogP contribution is 2.30. The van der Waals surface area contributed by atoms with Gasteiger partial charge in [-0.25, -0.2) is 0 Å². The van der Waals surface area contributed by atoms with Gasteiger partial charge in [-0.2, -0.15) is 0 Å². The first-order valence-electron chi connectivity index (χ1n) is 5.93. The molecule has 3 aromatic rings. The molecule has 0 bridgehead atoms. The average molecular weight is 250 g/mol. The molecule has 1 heterocycles. The molecule has 0 amide bonds. The lowest BCUT2D eigenvalue weighted by Gasteiger charge is -2.09. The Labute approximate surface area is 111 Å². The van der Waals surface area contributed by atoms with Crippen LogP contribution >= 0.6 is 0 Å². The van der Waals surface area contributed by atoms with Crippen LogP contribution in [0.4, 0.5) is 0 Å². The third kappa shape index (κ3) is 2.36. The Kier molecular flexibility index (Phi) is 3.02. The molecule has 0 saturated carbocycles. The van der Waals surface area contributed by atoms with Gasteiger partial charge in [0.05, 0.1) is 12.6 Å². The summed E-state index contributed by atoms with van der Waals surface area (Å²) in [6.07, 6.45) is 1.73. The van der Waals surface area contributed by atoms with Gasteiger partial charge in [0.25, 0.3) is 0 Å². The summed E-state index contributed by atoms with van der Waals surface area (Å²) in [4.78, 5) is 4.33. The minimum absolute atomic E-state index is 0.777. The number of hydrogen-bond acceptors (Lipinski definition) is 3. The van der Waals surface area contributed by atoms with E-state index in [9.17, 15) is 0 Å². The number of pyridine rings is 1. The molecule has 0 N–H and O–H groups in total. The predicted octanol–water partition coefficient (Wildman–Crippen LogP) is 3.84. The number of ether oxygens (including phenoxy) is 2. The zero-order valence-electron chi connectivity index (χ0n) is 10.5. The monoisotopic (exact) mass is 250 g/mol. The Morgan fingerprint density at radius 3 is 2.63 bits per heavy atom. The van der Waals surface area contributed by atoms with Gasteiger partial charge in [0.1, 0.15) is 17.2 Å². The van der Waals surface area contributed by atoms with Crippen molar-refractivity contribution in [2.45, 2.75) is 0 Å². The fourth-order valence-corrected chi connectivity index (χ4v) is 1.88. The first-order chi connectivity index (χ1) is 9.36. The summed E-state index contributed by atoms with van der Waals surface area (Å²) < 4.78 is 11.1. The Bertz CT molecular complexity index is 695. The summed E-state index contributed by atoms with van der Waals surface area (Å²) in [6.45, 7) is 0. The topological polar surface area (TPSA) is 31.4 Å². The first-order valence-corrected chi connectivity index (χ1v) is 5.93. The smallest absolute Gasteiger partial charge is 0.138 e. The Morgan fingerprint density at radius 2 is 1.84 bits per heavy atom. The highest BCUT2D eigenvalue weighted by molar-refractivity contribution is 5.86. The van der Waals surface area contributed by atoms with E-state index in [1.54, 1.807) is 13.3 Å². The number of hydrogen-bond donors (Lipinski definition) is 0. The third-order valence-electron chi connectivity index (χ3n) is 2.83. The molecule has 0 saturated heterocycles. The highest BCUT2D eigenvalue weighted by atomic mass is 16.5. The molecule has 0 aliphatic rings. The molecule has 0 aliphatic carbocycles. The van der Waals surface area contributed by atoms with Crippen molar-refractivity contribution in [1.29, 1.82) is 0 Å². The normalized spacial score (nSPS) is 10.4. The maximum Gasteiger partial charge on any atom is 0.138 e. The SMILES string of the molecule is COc1ccc2c(Oc3cc[c]cc3)ccnc2c1. The van der Waals surface area contributed by atoms with E-state index in [1.165, 1.54) is 0 Å². The zero-order chi connectivity index (χ0) is 13.1. The van der Waals surface area contributed by atoms with Gasteiger partial charge in [-0.1, -0.05) is 12.1 Å². The van der Waals surface area contributed by atoms with Crippen LogP contribution in [0.3, 0.4) is 0 Å². The fourth-order valence-electron chi connectivity index (χ4n) is 1.88. The minimum Gasteiger partial charge on any atom is -0.497 e. The van der Waals surface area contributed by atoms with Crippen molar-refractivity contribution >= 4 is 10.9 Å². The van der Waals surface area contributed by atoms with Crippen LogP contribution in [0.2, 0.25) is 0 Å². The maximum absolute atomic E-state index is 5.86. The molecule has 0 atom stereocenters. The van der Waals surface area contributed by atoms with Gasteiger partial charge in [0.15, 0.2) is 0 Å². The van der Waals surface area contributed by atoms with Crippen LogP contribution in [-0.4, -0.2) is 12.1 Å². The summed E-state index contributed by atoms with van der Waals surface area (Å²) in [7, 11) is 1.64. The number of nitrogens with zero attached hydrogens (tertiary/aromatic N) is 1. The van der Waals surface area contributed by atoms with E-state index in [0.29, 0.717) is 0 Å². The lowest BCUT2D eigenvalue weighted by molar-refractivity contribution is 0.415. The number of fused-ring (bicyclic) bond motifs is 1. The quantitative estimate of drug-likeness (QED) is 0.707. The lowest BCUT2D eigenvalue weighted by Crippen LogP contribution is -1.89. The van der Waals surface area contributed by atoms with E-state index >= 15 is 0 Å². The molecule has 0 spiro atoms. The number of rotatable bonds is 3. The Morgan fingerprint density at radius 1 is 1.00 bits per heavy atom. The van der Waals surface area contributed by atoms with Gasteiger partial charge < -0.3 is 9.47 Å². The van der Waals surface area contributed by atoms with E-state index in [4.69, 9.17) is 9.47 Å². The number of aromatic nitrogens is 1. The van der Waals surface area contributed by atoms with Crippen LogP contribution in [0, 0.1) is 6.07 Å². The second kappa shape index (κ2) is 4.98. The third-order valence-corrected chi connectivity index (χ3v) is 2.83. The molecule has 0 unspecified atom stereocenters. The molecule has 3 rings (SSSR count). The van der Waals surface area contributed by atoms with E-state index in [-0.39, 0.29) is 0 Å². The second-order valence-corrected chi connectivity index (χ2v) is 4.03. The van der Waals surface area contributed by atoms with Gasteiger partial charge in [0.2, 0.25) is 0 Å². The predicted molar refractivity (Wildman–Crippen MR) is 73.6 cm³/mol. The van der Waals surface area contributed by atoms with E-state index in [2.05, 4.69) is 11.1 Å². The summed E-state index contributed by atoms with van der Waals surface area (Å²) in [5.41, 5.74) is 0.847. The molecule has 1 radical (unpaired) electrons. The molecule has 1 aromatic heterocycles. The van der Waals surface area contributed by atoms with E-state index in [0.717, 1.165) is 28.2 Å². The summed E-state index contributed by atoms with van der Waals surface area (Å²) in [6, 6.07) is 17.9. The number of benzene rings is 2. The van der Waals surface area contributed by atoms with Crippen molar-refractivity contribution in [1.82, 2.24) is 4.98 Å². The second-order valence-electron chi connectivity index (χ2n) is 4.03. The van der Waals surface area contributed by atoms with Crippen molar-refractivity contribution in [3.05, 3.63) is 60.8 Å². The van der Waals surface area contributed by atoms with Gasteiger partial charge in [-0.05, 0) is 36.4 Å². The largest absolute Gasteiger partial charge is 0.497 e. The summed E-state index contributed by atoms with van der Waals surface area (Å²) >= 11 is 0. The zero-order valence-corrected chi connectivity index (χ0v) is 10.5. The number of methoxy groups -OCH3 is 1. The molecule has 0 aliphatic heterocycles. The standard InChI is InChI=1S/C16H12NO2/c1-18-13-7-8-14-15(11-13)17-10-9-16(14)19-12-5-3-2-4-6-12/h3-11H,1H3. The van der Waals surface area contributed by atoms with Crippen molar-refractivity contribution in [2.24, 2.45) is 0 Å². The molecule has 2 aromatic carbocycles. The molecular formula is C16H12NO2. The molecule has 19 heavy (non-hydrogen) atoms. The molecule has 3 heteroatoms. The molecular weight excluding hydrogens is 238 g/mol. The summed E-state index contributed by atoms with van der Waals surface area (Å²) in [5.74, 6) is 2.34. The van der Waals surface area contributed by atoms with Gasteiger partial charge in [-0.3, -0.25) is 4.98 Å².